The number of carboxylic acid groups (broad SMARTS) is 1. The number of Topliss-reactive ketones (excluding diaryl/α,β-unsaturated/α-hetero) is 1. The molecule has 4 heteroatoms. The molecular formula is C26H27ClO3. The van der Waals surface area contributed by atoms with E-state index >= 15 is 0 Å². The van der Waals surface area contributed by atoms with Gasteiger partial charge in [-0.1, -0.05) is 66.8 Å². The lowest BCUT2D eigenvalue weighted by Gasteiger charge is -2.11. The molecule has 0 saturated heterocycles. The molecule has 0 aromatic heterocycles. The molecule has 0 aliphatic rings. The van der Waals surface area contributed by atoms with Gasteiger partial charge in [-0.05, 0) is 55.0 Å². The standard InChI is InChI=1S/C26H27ClO3/c1-20(18-26(29)30)17-25(28)24(22-14-10-15-23(27)19-22)16-9-4-2-3-6-11-21-12-7-5-8-13-21/h5,7-8,10,12-16,19-20H,2-4,9,17-18H2,1H3,(H,29,30)/t20-/m0/s1. The van der Waals surface area contributed by atoms with Gasteiger partial charge in [-0.3, -0.25) is 9.59 Å². The zero-order chi connectivity index (χ0) is 21.8. The van der Waals surface area contributed by atoms with Crippen LogP contribution in [0.3, 0.4) is 0 Å². The van der Waals surface area contributed by atoms with Crippen molar-refractivity contribution in [2.24, 2.45) is 5.92 Å². The van der Waals surface area contributed by atoms with Gasteiger partial charge in [-0.15, -0.1) is 0 Å². The number of rotatable bonds is 10. The number of hydrogen-bond donors (Lipinski definition) is 1. The Morgan fingerprint density at radius 1 is 1.07 bits per heavy atom. The molecule has 0 amide bonds. The lowest BCUT2D eigenvalue weighted by Crippen LogP contribution is -2.11. The van der Waals surface area contributed by atoms with Gasteiger partial charge in [0.1, 0.15) is 0 Å². The summed E-state index contributed by atoms with van der Waals surface area (Å²) < 4.78 is 0. The maximum absolute atomic E-state index is 12.8. The van der Waals surface area contributed by atoms with E-state index < -0.39 is 5.97 Å². The SMILES string of the molecule is C[C@H](CC(=O)O)CC(=O)C(=CCCCCC#Cc1ccccc1)c1cccc(Cl)c1. The summed E-state index contributed by atoms with van der Waals surface area (Å²) in [6.45, 7) is 1.78. The highest BCUT2D eigenvalue weighted by molar-refractivity contribution is 6.31. The number of carbonyl (C=O) groups excluding carboxylic acids is 1. The molecule has 3 nitrogen and oxygen atoms in total. The number of allylic oxidation sites excluding steroid dienone is 2. The third-order valence-electron chi connectivity index (χ3n) is 4.60. The first kappa shape index (κ1) is 23.4. The average Bonchev–Trinajstić information content (AvgIpc) is 2.70. The molecule has 156 valence electrons. The van der Waals surface area contributed by atoms with E-state index in [4.69, 9.17) is 16.7 Å². The van der Waals surface area contributed by atoms with Crippen LogP contribution in [0, 0.1) is 17.8 Å². The minimum Gasteiger partial charge on any atom is -0.481 e. The molecule has 2 aromatic rings. The van der Waals surface area contributed by atoms with Gasteiger partial charge in [0.15, 0.2) is 5.78 Å². The van der Waals surface area contributed by atoms with E-state index in [1.807, 2.05) is 48.5 Å². The van der Waals surface area contributed by atoms with Crippen LogP contribution in [0.25, 0.3) is 5.57 Å². The van der Waals surface area contributed by atoms with Gasteiger partial charge in [0.25, 0.3) is 0 Å². The number of carbonyl (C=O) groups is 2. The first-order chi connectivity index (χ1) is 14.5. The summed E-state index contributed by atoms with van der Waals surface area (Å²) in [4.78, 5) is 23.8. The molecule has 0 bridgehead atoms. The highest BCUT2D eigenvalue weighted by Crippen LogP contribution is 2.24. The van der Waals surface area contributed by atoms with E-state index in [9.17, 15) is 9.59 Å². The van der Waals surface area contributed by atoms with E-state index in [1.165, 1.54) is 0 Å². The first-order valence-electron chi connectivity index (χ1n) is 10.2. The molecule has 0 aliphatic carbocycles. The number of benzene rings is 2. The molecule has 0 spiro atoms. The van der Waals surface area contributed by atoms with Gasteiger partial charge in [-0.25, -0.2) is 0 Å². The molecule has 0 fully saturated rings. The van der Waals surface area contributed by atoms with Crippen molar-refractivity contribution in [3.05, 3.63) is 76.8 Å². The highest BCUT2D eigenvalue weighted by atomic mass is 35.5. The Kier molecular flexibility index (Phi) is 9.91. The molecule has 0 radical (unpaired) electrons. The van der Waals surface area contributed by atoms with Crippen LogP contribution in [0.4, 0.5) is 0 Å². The molecule has 0 unspecified atom stereocenters. The molecular weight excluding hydrogens is 396 g/mol. The lowest BCUT2D eigenvalue weighted by atomic mass is 9.92. The van der Waals surface area contributed by atoms with Crippen molar-refractivity contribution in [3.8, 4) is 11.8 Å². The Bertz CT molecular complexity index is 935. The Hall–Kier alpha value is -2.83. The van der Waals surface area contributed by atoms with E-state index in [2.05, 4.69) is 11.8 Å². The summed E-state index contributed by atoms with van der Waals surface area (Å²) in [7, 11) is 0. The van der Waals surface area contributed by atoms with Crippen LogP contribution in [0.5, 0.6) is 0 Å². The second-order valence-corrected chi connectivity index (χ2v) is 7.81. The zero-order valence-electron chi connectivity index (χ0n) is 17.2. The van der Waals surface area contributed by atoms with E-state index in [-0.39, 0.29) is 24.5 Å². The highest BCUT2D eigenvalue weighted by Gasteiger charge is 2.17. The maximum atomic E-state index is 12.8. The van der Waals surface area contributed by atoms with Crippen molar-refractivity contribution in [1.29, 1.82) is 0 Å². The van der Waals surface area contributed by atoms with Crippen molar-refractivity contribution in [3.63, 3.8) is 0 Å². The van der Waals surface area contributed by atoms with Crippen molar-refractivity contribution >= 4 is 28.9 Å². The summed E-state index contributed by atoms with van der Waals surface area (Å²) in [5.41, 5.74) is 2.41. The van der Waals surface area contributed by atoms with Gasteiger partial charge >= 0.3 is 5.97 Å². The third kappa shape index (κ3) is 8.68. The van der Waals surface area contributed by atoms with Crippen LogP contribution < -0.4 is 0 Å². The fraction of sp³-hybridized carbons (Fsp3) is 0.308. The Balaban J connectivity index is 1.96. The Morgan fingerprint density at radius 3 is 2.53 bits per heavy atom. The Labute approximate surface area is 183 Å². The topological polar surface area (TPSA) is 54.4 Å². The largest absolute Gasteiger partial charge is 0.481 e. The second kappa shape index (κ2) is 12.7. The fourth-order valence-electron chi connectivity index (χ4n) is 3.14. The monoisotopic (exact) mass is 422 g/mol. The number of unbranched alkanes of at least 4 members (excludes halogenated alkanes) is 3. The molecule has 1 N–H and O–H groups in total. The molecule has 0 heterocycles. The van der Waals surface area contributed by atoms with Crippen molar-refractivity contribution in [2.75, 3.05) is 0 Å². The zero-order valence-corrected chi connectivity index (χ0v) is 18.0. The van der Waals surface area contributed by atoms with Crippen molar-refractivity contribution < 1.29 is 14.7 Å². The maximum Gasteiger partial charge on any atom is 0.303 e. The summed E-state index contributed by atoms with van der Waals surface area (Å²) in [5.74, 6) is 5.18. The number of aliphatic carboxylic acids is 1. The number of ketones is 1. The van der Waals surface area contributed by atoms with Gasteiger partial charge in [0.2, 0.25) is 0 Å². The van der Waals surface area contributed by atoms with Crippen LogP contribution in [-0.2, 0) is 9.59 Å². The average molecular weight is 423 g/mol. The van der Waals surface area contributed by atoms with E-state index in [0.29, 0.717) is 10.6 Å². The molecule has 30 heavy (non-hydrogen) atoms. The summed E-state index contributed by atoms with van der Waals surface area (Å²) >= 11 is 6.11. The molecule has 0 saturated carbocycles. The summed E-state index contributed by atoms with van der Waals surface area (Å²) in [6, 6.07) is 17.1. The molecule has 0 aliphatic heterocycles. The third-order valence-corrected chi connectivity index (χ3v) is 4.84. The van der Waals surface area contributed by atoms with Crippen LogP contribution >= 0.6 is 11.6 Å². The van der Waals surface area contributed by atoms with Gasteiger partial charge < -0.3 is 5.11 Å². The second-order valence-electron chi connectivity index (χ2n) is 7.37. The van der Waals surface area contributed by atoms with Gasteiger partial charge in [0.05, 0.1) is 0 Å². The van der Waals surface area contributed by atoms with Crippen LogP contribution in [0.1, 0.15) is 56.6 Å². The minimum absolute atomic E-state index is 0.0192. The van der Waals surface area contributed by atoms with E-state index in [0.717, 1.165) is 36.8 Å². The number of hydrogen-bond acceptors (Lipinski definition) is 2. The fourth-order valence-corrected chi connectivity index (χ4v) is 3.33. The van der Waals surface area contributed by atoms with Gasteiger partial charge in [-0.2, -0.15) is 0 Å². The Morgan fingerprint density at radius 2 is 1.83 bits per heavy atom. The van der Waals surface area contributed by atoms with E-state index in [1.54, 1.807) is 19.1 Å². The van der Waals surface area contributed by atoms with Crippen LogP contribution in [-0.4, -0.2) is 16.9 Å². The minimum atomic E-state index is -0.889. The molecule has 1 atom stereocenters. The molecule has 2 rings (SSSR count). The van der Waals surface area contributed by atoms with Crippen LogP contribution in [0.15, 0.2) is 60.7 Å². The van der Waals surface area contributed by atoms with Crippen molar-refractivity contribution in [1.82, 2.24) is 0 Å². The van der Waals surface area contributed by atoms with Gasteiger partial charge in [0, 0.05) is 35.4 Å². The predicted octanol–water partition coefficient (Wildman–Crippen LogP) is 6.41. The molecule has 2 aromatic carbocycles. The number of carboxylic acids is 1. The van der Waals surface area contributed by atoms with Crippen molar-refractivity contribution in [2.45, 2.75) is 45.4 Å². The van der Waals surface area contributed by atoms with Crippen LogP contribution in [0.2, 0.25) is 5.02 Å². The number of halogens is 1. The normalized spacial score (nSPS) is 12.0. The lowest BCUT2D eigenvalue weighted by molar-refractivity contribution is -0.138. The quantitative estimate of drug-likeness (QED) is 0.273. The summed E-state index contributed by atoms with van der Waals surface area (Å²) in [5, 5.41) is 9.52. The summed E-state index contributed by atoms with van der Waals surface area (Å²) in [6.07, 6.45) is 5.56. The predicted molar refractivity (Wildman–Crippen MR) is 122 cm³/mol. The smallest absolute Gasteiger partial charge is 0.303 e. The first-order valence-corrected chi connectivity index (χ1v) is 10.6.